The van der Waals surface area contributed by atoms with Crippen LogP contribution in [0.2, 0.25) is 0 Å². The van der Waals surface area contributed by atoms with Crippen molar-refractivity contribution in [3.05, 3.63) is 47.7 Å². The van der Waals surface area contributed by atoms with Gasteiger partial charge in [0.1, 0.15) is 5.60 Å². The van der Waals surface area contributed by atoms with Gasteiger partial charge in [0.05, 0.1) is 6.61 Å². The van der Waals surface area contributed by atoms with Gasteiger partial charge < -0.3 is 10.2 Å². The maximum absolute atomic E-state index is 9.86. The Morgan fingerprint density at radius 1 is 1.38 bits per heavy atom. The van der Waals surface area contributed by atoms with Crippen LogP contribution in [0.3, 0.4) is 0 Å². The zero-order valence-corrected chi connectivity index (χ0v) is 13.2. The number of aliphatic hydroxyl groups excluding tert-OH is 1. The van der Waals surface area contributed by atoms with Crippen LogP contribution >= 0.6 is 11.6 Å². The van der Waals surface area contributed by atoms with E-state index in [9.17, 15) is 5.11 Å². The Morgan fingerprint density at radius 3 is 2.43 bits per heavy atom. The van der Waals surface area contributed by atoms with E-state index >= 15 is 0 Å². The van der Waals surface area contributed by atoms with Gasteiger partial charge in [-0.15, -0.1) is 23.9 Å². The SMILES string of the molecule is C#CC.CC(O)(CO)c1ccc(CC=N/C=C\CCl)cc1. The molecule has 0 aromatic heterocycles. The molecule has 21 heavy (non-hydrogen) atoms. The number of hydrogen-bond donors (Lipinski definition) is 2. The predicted molar refractivity (Wildman–Crippen MR) is 89.7 cm³/mol. The normalized spacial score (nSPS) is 13.5. The van der Waals surface area contributed by atoms with Crippen LogP contribution in [0.15, 0.2) is 41.5 Å². The smallest absolute Gasteiger partial charge is 0.110 e. The summed E-state index contributed by atoms with van der Waals surface area (Å²) in [6.07, 6.45) is 10.5. The molecule has 1 atom stereocenters. The molecule has 0 saturated carbocycles. The highest BCUT2D eigenvalue weighted by Crippen LogP contribution is 2.20. The number of hydrogen-bond acceptors (Lipinski definition) is 3. The fourth-order valence-electron chi connectivity index (χ4n) is 1.41. The topological polar surface area (TPSA) is 52.8 Å². The number of terminal acetylenes is 1. The monoisotopic (exact) mass is 307 g/mol. The van der Waals surface area contributed by atoms with Crippen LogP contribution in [-0.4, -0.2) is 28.9 Å². The number of nitrogens with zero attached hydrogens (tertiary/aromatic N) is 1. The van der Waals surface area contributed by atoms with E-state index in [0.29, 0.717) is 17.9 Å². The first-order chi connectivity index (χ1) is 10.0. The average molecular weight is 308 g/mol. The van der Waals surface area contributed by atoms with Crippen LogP contribution in [-0.2, 0) is 12.0 Å². The van der Waals surface area contributed by atoms with Gasteiger partial charge in [0.15, 0.2) is 0 Å². The van der Waals surface area contributed by atoms with Crippen LogP contribution in [0.1, 0.15) is 25.0 Å². The van der Waals surface area contributed by atoms with Crippen molar-refractivity contribution in [1.82, 2.24) is 0 Å². The molecule has 3 nitrogen and oxygen atoms in total. The van der Waals surface area contributed by atoms with Gasteiger partial charge in [-0.05, 0) is 25.0 Å². The van der Waals surface area contributed by atoms with Gasteiger partial charge in [0.2, 0.25) is 0 Å². The summed E-state index contributed by atoms with van der Waals surface area (Å²) < 4.78 is 0. The summed E-state index contributed by atoms with van der Waals surface area (Å²) in [5.41, 5.74) is 0.610. The maximum Gasteiger partial charge on any atom is 0.110 e. The minimum Gasteiger partial charge on any atom is -0.393 e. The molecular formula is C17H22ClNO2. The molecule has 4 heteroatoms. The molecule has 1 unspecified atom stereocenters. The molecule has 0 radical (unpaired) electrons. The van der Waals surface area contributed by atoms with E-state index in [0.717, 1.165) is 5.56 Å². The molecule has 0 spiro atoms. The van der Waals surface area contributed by atoms with Crippen molar-refractivity contribution in [2.45, 2.75) is 25.9 Å². The number of aliphatic imine (C=N–C) groups is 1. The lowest BCUT2D eigenvalue weighted by Crippen LogP contribution is -2.25. The molecule has 114 valence electrons. The molecule has 1 aromatic carbocycles. The molecule has 0 aliphatic carbocycles. The van der Waals surface area contributed by atoms with E-state index in [-0.39, 0.29) is 6.61 Å². The number of benzene rings is 1. The summed E-state index contributed by atoms with van der Waals surface area (Å²) in [6, 6.07) is 7.45. The molecule has 0 heterocycles. The Balaban J connectivity index is 0.00000122. The Morgan fingerprint density at radius 2 is 1.95 bits per heavy atom. The molecule has 2 N–H and O–H groups in total. The van der Waals surface area contributed by atoms with Gasteiger partial charge >= 0.3 is 0 Å². The molecule has 0 fully saturated rings. The Hall–Kier alpha value is -1.60. The molecule has 0 amide bonds. The van der Waals surface area contributed by atoms with Crippen LogP contribution in [0, 0.1) is 12.3 Å². The summed E-state index contributed by atoms with van der Waals surface area (Å²) >= 11 is 5.47. The van der Waals surface area contributed by atoms with Gasteiger partial charge in [0, 0.05) is 24.7 Å². The summed E-state index contributed by atoms with van der Waals surface area (Å²) in [6.45, 7) is 2.94. The second-order valence-corrected chi connectivity index (χ2v) is 4.80. The van der Waals surface area contributed by atoms with Crippen molar-refractivity contribution in [3.8, 4) is 12.3 Å². The third kappa shape index (κ3) is 8.31. The number of alkyl halides is 1. The molecule has 0 aliphatic rings. The summed E-state index contributed by atoms with van der Waals surface area (Å²) in [4.78, 5) is 4.06. The third-order valence-electron chi connectivity index (χ3n) is 2.60. The lowest BCUT2D eigenvalue weighted by molar-refractivity contribution is -0.00228. The van der Waals surface area contributed by atoms with Crippen molar-refractivity contribution in [2.24, 2.45) is 4.99 Å². The van der Waals surface area contributed by atoms with E-state index in [1.165, 1.54) is 0 Å². The maximum atomic E-state index is 9.86. The number of halogens is 1. The quantitative estimate of drug-likeness (QED) is 0.482. The Labute approximate surface area is 132 Å². The molecule has 1 rings (SSSR count). The van der Waals surface area contributed by atoms with Crippen LogP contribution < -0.4 is 0 Å². The highest BCUT2D eigenvalue weighted by atomic mass is 35.5. The molecule has 0 saturated heterocycles. The van der Waals surface area contributed by atoms with Gasteiger partial charge in [0.25, 0.3) is 0 Å². The van der Waals surface area contributed by atoms with Crippen molar-refractivity contribution < 1.29 is 10.2 Å². The van der Waals surface area contributed by atoms with E-state index in [1.54, 1.807) is 32.3 Å². The lowest BCUT2D eigenvalue weighted by atomic mass is 9.96. The molecule has 0 aliphatic heterocycles. The van der Waals surface area contributed by atoms with Gasteiger partial charge in [-0.25, -0.2) is 0 Å². The highest BCUT2D eigenvalue weighted by molar-refractivity contribution is 6.18. The highest BCUT2D eigenvalue weighted by Gasteiger charge is 2.21. The number of aliphatic hydroxyl groups is 2. The zero-order chi connectivity index (χ0) is 16.1. The first-order valence-electron chi connectivity index (χ1n) is 6.54. The standard InChI is InChI=1S/C14H18ClNO2.C3H4/c1-14(18,11-17)13-5-3-12(4-6-13)7-10-16-9-2-8-15;1-3-2/h2-6,9-10,17-18H,7-8,11H2,1H3;1H,2H3/b9-2-,16-10?;. The second kappa shape index (κ2) is 11.1. The van der Waals surface area contributed by atoms with Crippen molar-refractivity contribution >= 4 is 17.8 Å². The van der Waals surface area contributed by atoms with E-state index in [1.807, 2.05) is 24.3 Å². The van der Waals surface area contributed by atoms with E-state index < -0.39 is 5.60 Å². The Bertz CT molecular complexity index is 485. The fourth-order valence-corrected chi connectivity index (χ4v) is 1.49. The van der Waals surface area contributed by atoms with Crippen molar-refractivity contribution in [2.75, 3.05) is 12.5 Å². The second-order valence-electron chi connectivity index (χ2n) is 4.49. The predicted octanol–water partition coefficient (Wildman–Crippen LogP) is 2.89. The van der Waals surface area contributed by atoms with Gasteiger partial charge in [-0.1, -0.05) is 30.3 Å². The number of rotatable bonds is 6. The Kier molecular flexibility index (Phi) is 10.3. The molecule has 0 bridgehead atoms. The van der Waals surface area contributed by atoms with Crippen molar-refractivity contribution in [1.29, 1.82) is 0 Å². The third-order valence-corrected chi connectivity index (χ3v) is 2.77. The minimum absolute atomic E-state index is 0.295. The van der Waals surface area contributed by atoms with Gasteiger partial charge in [-0.2, -0.15) is 0 Å². The average Bonchev–Trinajstić information content (AvgIpc) is 2.48. The first kappa shape index (κ1) is 19.4. The zero-order valence-electron chi connectivity index (χ0n) is 12.5. The van der Waals surface area contributed by atoms with E-state index in [2.05, 4.69) is 17.3 Å². The fraction of sp³-hybridized carbons (Fsp3) is 0.353. The first-order valence-corrected chi connectivity index (χ1v) is 7.07. The number of allylic oxidation sites excluding steroid dienone is 1. The van der Waals surface area contributed by atoms with Crippen LogP contribution in [0.5, 0.6) is 0 Å². The minimum atomic E-state index is -1.18. The van der Waals surface area contributed by atoms with Crippen LogP contribution in [0.4, 0.5) is 0 Å². The van der Waals surface area contributed by atoms with Crippen LogP contribution in [0.25, 0.3) is 0 Å². The summed E-state index contributed by atoms with van der Waals surface area (Å²) in [5, 5.41) is 18.9. The molecular weight excluding hydrogens is 286 g/mol. The lowest BCUT2D eigenvalue weighted by Gasteiger charge is -2.20. The molecule has 1 aromatic rings. The van der Waals surface area contributed by atoms with E-state index in [4.69, 9.17) is 16.7 Å². The van der Waals surface area contributed by atoms with Crippen molar-refractivity contribution in [3.63, 3.8) is 0 Å². The summed E-state index contributed by atoms with van der Waals surface area (Å²) in [7, 11) is 0. The largest absolute Gasteiger partial charge is 0.393 e. The van der Waals surface area contributed by atoms with Gasteiger partial charge in [-0.3, -0.25) is 4.99 Å². The summed E-state index contributed by atoms with van der Waals surface area (Å²) in [5.74, 6) is 2.71.